The molecule has 0 aliphatic rings. The Bertz CT molecular complexity index is 371. The van der Waals surface area contributed by atoms with Crippen LogP contribution in [-0.2, 0) is 11.2 Å². The first-order valence-electron chi connectivity index (χ1n) is 6.00. The van der Waals surface area contributed by atoms with E-state index in [0.29, 0.717) is 12.3 Å². The lowest BCUT2D eigenvalue weighted by Crippen LogP contribution is -2.31. The van der Waals surface area contributed by atoms with E-state index < -0.39 is 6.10 Å². The molecule has 19 heavy (non-hydrogen) atoms. The van der Waals surface area contributed by atoms with Gasteiger partial charge in [0, 0.05) is 6.54 Å². The largest absolute Gasteiger partial charge is 0.491 e. The Morgan fingerprint density at radius 1 is 1.42 bits per heavy atom. The molecule has 4 N–H and O–H groups in total. The summed E-state index contributed by atoms with van der Waals surface area (Å²) in [6.45, 7) is 3.54. The summed E-state index contributed by atoms with van der Waals surface area (Å²) >= 11 is 0. The molecule has 0 bridgehead atoms. The molecular weight excluding hydrogens is 268 g/mol. The number of likely N-dealkylation sites (N-methyl/N-ethyl adjacent to an activating group) is 1. The number of halogens is 1. The lowest BCUT2D eigenvalue weighted by atomic mass is 10.1. The topological polar surface area (TPSA) is 84.6 Å². The number of hydrogen-bond donors (Lipinski definition) is 3. The highest BCUT2D eigenvalue weighted by Gasteiger charge is 2.04. The van der Waals surface area contributed by atoms with Crippen molar-refractivity contribution >= 4 is 18.3 Å². The summed E-state index contributed by atoms with van der Waals surface area (Å²) < 4.78 is 5.42. The molecule has 5 nitrogen and oxygen atoms in total. The molecule has 1 aromatic carbocycles. The Kier molecular flexibility index (Phi) is 8.95. The Hall–Kier alpha value is -1.30. The molecule has 1 unspecified atom stereocenters. The van der Waals surface area contributed by atoms with Gasteiger partial charge in [0.1, 0.15) is 18.5 Å². The standard InChI is InChI=1S/C13H20N2O3.ClH/c1-2-15-8-11(16)9-18-12-5-3-10(4-6-12)7-13(14)17;/h3-6,11,15-16H,2,7-9H2,1H3,(H2,14,17);1H. The second-order valence-electron chi connectivity index (χ2n) is 4.06. The van der Waals surface area contributed by atoms with Crippen LogP contribution in [0.1, 0.15) is 12.5 Å². The molecule has 0 heterocycles. The van der Waals surface area contributed by atoms with Crippen LogP contribution in [0.5, 0.6) is 5.75 Å². The van der Waals surface area contributed by atoms with E-state index in [1.165, 1.54) is 0 Å². The number of benzene rings is 1. The fourth-order valence-electron chi connectivity index (χ4n) is 1.47. The van der Waals surface area contributed by atoms with Crippen molar-refractivity contribution < 1.29 is 14.6 Å². The lowest BCUT2D eigenvalue weighted by Gasteiger charge is -2.12. The number of aliphatic hydroxyl groups is 1. The average molecular weight is 289 g/mol. The van der Waals surface area contributed by atoms with Gasteiger partial charge in [0.05, 0.1) is 6.42 Å². The zero-order valence-electron chi connectivity index (χ0n) is 11.0. The smallest absolute Gasteiger partial charge is 0.221 e. The van der Waals surface area contributed by atoms with Crippen LogP contribution < -0.4 is 15.8 Å². The average Bonchev–Trinajstić information content (AvgIpc) is 2.35. The van der Waals surface area contributed by atoms with Gasteiger partial charge in [-0.25, -0.2) is 0 Å². The fraction of sp³-hybridized carbons (Fsp3) is 0.462. The van der Waals surface area contributed by atoms with Crippen molar-refractivity contribution in [2.45, 2.75) is 19.4 Å². The van der Waals surface area contributed by atoms with E-state index in [9.17, 15) is 9.90 Å². The first-order chi connectivity index (χ1) is 8.61. The minimum Gasteiger partial charge on any atom is -0.491 e. The maximum atomic E-state index is 10.7. The molecule has 0 radical (unpaired) electrons. The van der Waals surface area contributed by atoms with E-state index in [0.717, 1.165) is 12.1 Å². The van der Waals surface area contributed by atoms with Gasteiger partial charge in [0.2, 0.25) is 5.91 Å². The number of amides is 1. The van der Waals surface area contributed by atoms with Gasteiger partial charge in [-0.1, -0.05) is 19.1 Å². The molecule has 0 saturated heterocycles. The van der Waals surface area contributed by atoms with Gasteiger partial charge >= 0.3 is 0 Å². The van der Waals surface area contributed by atoms with Crippen LogP contribution in [0.3, 0.4) is 0 Å². The molecule has 1 rings (SSSR count). The van der Waals surface area contributed by atoms with Crippen LogP contribution in [0.2, 0.25) is 0 Å². The molecule has 108 valence electrons. The van der Waals surface area contributed by atoms with Crippen molar-refractivity contribution in [3.05, 3.63) is 29.8 Å². The van der Waals surface area contributed by atoms with Gasteiger partial charge in [-0.3, -0.25) is 4.79 Å². The summed E-state index contributed by atoms with van der Waals surface area (Å²) in [6, 6.07) is 7.10. The maximum absolute atomic E-state index is 10.7. The number of carbonyl (C=O) groups excluding carboxylic acids is 1. The van der Waals surface area contributed by atoms with Gasteiger partial charge in [0.15, 0.2) is 0 Å². The molecule has 1 amide bonds. The van der Waals surface area contributed by atoms with Crippen molar-refractivity contribution in [2.24, 2.45) is 5.73 Å². The molecule has 0 aromatic heterocycles. The van der Waals surface area contributed by atoms with E-state index in [1.807, 2.05) is 6.92 Å². The minimum atomic E-state index is -0.532. The van der Waals surface area contributed by atoms with Gasteiger partial charge in [-0.05, 0) is 24.2 Å². The Morgan fingerprint density at radius 3 is 2.58 bits per heavy atom. The van der Waals surface area contributed by atoms with Gasteiger partial charge in [-0.15, -0.1) is 12.4 Å². The first-order valence-corrected chi connectivity index (χ1v) is 6.00. The summed E-state index contributed by atoms with van der Waals surface area (Å²) in [5, 5.41) is 12.6. The predicted molar refractivity (Wildman–Crippen MR) is 76.6 cm³/mol. The van der Waals surface area contributed by atoms with E-state index in [2.05, 4.69) is 5.32 Å². The summed E-state index contributed by atoms with van der Waals surface area (Å²) in [7, 11) is 0. The zero-order valence-corrected chi connectivity index (χ0v) is 11.8. The highest BCUT2D eigenvalue weighted by atomic mass is 35.5. The third-order valence-electron chi connectivity index (χ3n) is 2.37. The van der Waals surface area contributed by atoms with Crippen LogP contribution in [0.25, 0.3) is 0 Å². The minimum absolute atomic E-state index is 0. The molecule has 0 aliphatic carbocycles. The first kappa shape index (κ1) is 17.7. The van der Waals surface area contributed by atoms with E-state index >= 15 is 0 Å². The normalized spacial score (nSPS) is 11.5. The van der Waals surface area contributed by atoms with Crippen molar-refractivity contribution in [1.29, 1.82) is 0 Å². The molecule has 0 fully saturated rings. The number of primary amides is 1. The molecule has 0 saturated carbocycles. The SMILES string of the molecule is CCNCC(O)COc1ccc(CC(N)=O)cc1.Cl. The molecule has 1 aromatic rings. The Labute approximate surface area is 119 Å². The fourth-order valence-corrected chi connectivity index (χ4v) is 1.47. The van der Waals surface area contributed by atoms with Crippen LogP contribution in [0, 0.1) is 0 Å². The van der Waals surface area contributed by atoms with Gasteiger partial charge < -0.3 is 20.9 Å². The highest BCUT2D eigenvalue weighted by Crippen LogP contribution is 2.12. The molecular formula is C13H21ClN2O3. The van der Waals surface area contributed by atoms with E-state index in [-0.39, 0.29) is 31.3 Å². The second-order valence-corrected chi connectivity index (χ2v) is 4.06. The predicted octanol–water partition coefficient (Wildman–Crippen LogP) is 0.485. The number of nitrogens with two attached hydrogens (primary N) is 1. The van der Waals surface area contributed by atoms with Gasteiger partial charge in [-0.2, -0.15) is 0 Å². The van der Waals surface area contributed by atoms with Crippen LogP contribution in [0.15, 0.2) is 24.3 Å². The highest BCUT2D eigenvalue weighted by molar-refractivity contribution is 5.85. The molecule has 1 atom stereocenters. The lowest BCUT2D eigenvalue weighted by molar-refractivity contribution is -0.117. The summed E-state index contributed by atoms with van der Waals surface area (Å²) in [6.07, 6.45) is -0.307. The van der Waals surface area contributed by atoms with Crippen LogP contribution in [0.4, 0.5) is 0 Å². The van der Waals surface area contributed by atoms with E-state index in [1.54, 1.807) is 24.3 Å². The number of ether oxygens (including phenoxy) is 1. The van der Waals surface area contributed by atoms with E-state index in [4.69, 9.17) is 10.5 Å². The quantitative estimate of drug-likeness (QED) is 0.650. The summed E-state index contributed by atoms with van der Waals surface area (Å²) in [4.78, 5) is 10.7. The third kappa shape index (κ3) is 7.66. The number of carbonyl (C=O) groups is 1. The molecule has 0 aliphatic heterocycles. The summed E-state index contributed by atoms with van der Waals surface area (Å²) in [5.41, 5.74) is 5.95. The molecule has 0 spiro atoms. The summed E-state index contributed by atoms with van der Waals surface area (Å²) in [5.74, 6) is 0.309. The Morgan fingerprint density at radius 2 is 2.05 bits per heavy atom. The maximum Gasteiger partial charge on any atom is 0.221 e. The van der Waals surface area contributed by atoms with Crippen molar-refractivity contribution in [3.63, 3.8) is 0 Å². The third-order valence-corrected chi connectivity index (χ3v) is 2.37. The monoisotopic (exact) mass is 288 g/mol. The number of rotatable bonds is 8. The number of nitrogens with one attached hydrogen (secondary N) is 1. The number of aliphatic hydroxyl groups excluding tert-OH is 1. The van der Waals surface area contributed by atoms with Crippen molar-refractivity contribution in [2.75, 3.05) is 19.7 Å². The zero-order chi connectivity index (χ0) is 13.4. The van der Waals surface area contributed by atoms with Crippen LogP contribution in [-0.4, -0.2) is 36.8 Å². The second kappa shape index (κ2) is 9.61. The van der Waals surface area contributed by atoms with Crippen LogP contribution >= 0.6 is 12.4 Å². The molecule has 6 heteroatoms. The Balaban J connectivity index is 0.00000324. The number of hydrogen-bond acceptors (Lipinski definition) is 4. The van der Waals surface area contributed by atoms with Crippen molar-refractivity contribution in [1.82, 2.24) is 5.32 Å². The van der Waals surface area contributed by atoms with Gasteiger partial charge in [0.25, 0.3) is 0 Å². The van der Waals surface area contributed by atoms with Crippen molar-refractivity contribution in [3.8, 4) is 5.75 Å².